The average molecular weight is 237 g/mol. The smallest absolute Gasteiger partial charge is 0.120 e. The minimum Gasteiger partial charge on any atom is -0.468 e. The van der Waals surface area contributed by atoms with Crippen molar-refractivity contribution in [3.63, 3.8) is 0 Å². The summed E-state index contributed by atoms with van der Waals surface area (Å²) in [6.45, 7) is 3.28. The number of rotatable bonds is 5. The molecule has 3 heteroatoms. The molecule has 2 rings (SSSR count). The highest BCUT2D eigenvalue weighted by Crippen LogP contribution is 2.35. The number of hydrogen-bond donors (Lipinski definition) is 2. The Hall–Kier alpha value is -0.800. The van der Waals surface area contributed by atoms with E-state index in [1.807, 2.05) is 12.1 Å². The van der Waals surface area contributed by atoms with Gasteiger partial charge in [0.15, 0.2) is 0 Å². The first-order valence-corrected chi connectivity index (χ1v) is 6.63. The number of hydrogen-bond acceptors (Lipinski definition) is 3. The molecule has 1 aromatic rings. The van der Waals surface area contributed by atoms with Crippen molar-refractivity contribution in [2.75, 3.05) is 13.2 Å². The molecule has 1 saturated carbocycles. The van der Waals surface area contributed by atoms with E-state index in [1.54, 1.807) is 6.26 Å². The predicted octanol–water partition coefficient (Wildman–Crippen LogP) is 2.87. The normalized spacial score (nSPS) is 21.3. The van der Waals surface area contributed by atoms with Crippen molar-refractivity contribution < 1.29 is 9.52 Å². The minimum atomic E-state index is 0.0963. The highest BCUT2D eigenvalue weighted by Gasteiger charge is 2.31. The van der Waals surface area contributed by atoms with E-state index >= 15 is 0 Å². The summed E-state index contributed by atoms with van der Waals surface area (Å²) in [6, 6.07) is 4.12. The summed E-state index contributed by atoms with van der Waals surface area (Å²) in [7, 11) is 0. The maximum Gasteiger partial charge on any atom is 0.120 e. The molecule has 1 atom stereocenters. The molecule has 0 amide bonds. The van der Waals surface area contributed by atoms with E-state index in [4.69, 9.17) is 4.42 Å². The first kappa shape index (κ1) is 12.7. The molecule has 1 fully saturated rings. The predicted molar refractivity (Wildman–Crippen MR) is 67.7 cm³/mol. The summed E-state index contributed by atoms with van der Waals surface area (Å²) in [5.41, 5.74) is 0.0963. The van der Waals surface area contributed by atoms with E-state index in [1.165, 1.54) is 19.3 Å². The van der Waals surface area contributed by atoms with Crippen LogP contribution in [0.5, 0.6) is 0 Å². The summed E-state index contributed by atoms with van der Waals surface area (Å²) in [6.07, 6.45) is 7.79. The molecule has 0 aliphatic heterocycles. The standard InChI is InChI=1S/C14H23NO2/c1-12(13-6-5-9-17-13)15-10-14(11-16)7-3-2-4-8-14/h5-6,9,12,15-16H,2-4,7-8,10-11H2,1H3/t12-/m1/s1. The van der Waals surface area contributed by atoms with Gasteiger partial charge in [0.05, 0.1) is 12.3 Å². The van der Waals surface area contributed by atoms with Gasteiger partial charge in [-0.3, -0.25) is 0 Å². The molecule has 0 saturated heterocycles. The summed E-state index contributed by atoms with van der Waals surface area (Å²) < 4.78 is 5.38. The third kappa shape index (κ3) is 3.11. The molecule has 1 aliphatic rings. The van der Waals surface area contributed by atoms with Crippen LogP contribution in [0.4, 0.5) is 0 Å². The first-order chi connectivity index (χ1) is 8.26. The van der Waals surface area contributed by atoms with Crippen LogP contribution in [0.25, 0.3) is 0 Å². The minimum absolute atomic E-state index is 0.0963. The van der Waals surface area contributed by atoms with Crippen molar-refractivity contribution in [1.29, 1.82) is 0 Å². The highest BCUT2D eigenvalue weighted by molar-refractivity contribution is 5.03. The Morgan fingerprint density at radius 1 is 1.41 bits per heavy atom. The van der Waals surface area contributed by atoms with Gasteiger partial charge in [0.25, 0.3) is 0 Å². The Morgan fingerprint density at radius 3 is 2.76 bits per heavy atom. The fourth-order valence-corrected chi connectivity index (χ4v) is 2.70. The summed E-state index contributed by atoms with van der Waals surface area (Å²) >= 11 is 0. The van der Waals surface area contributed by atoms with E-state index < -0.39 is 0 Å². The lowest BCUT2D eigenvalue weighted by atomic mass is 9.74. The first-order valence-electron chi connectivity index (χ1n) is 6.63. The van der Waals surface area contributed by atoms with E-state index in [9.17, 15) is 5.11 Å². The van der Waals surface area contributed by atoms with Crippen molar-refractivity contribution >= 4 is 0 Å². The molecule has 1 aliphatic carbocycles. The van der Waals surface area contributed by atoms with Crippen molar-refractivity contribution in [3.05, 3.63) is 24.2 Å². The lowest BCUT2D eigenvalue weighted by Crippen LogP contribution is -2.39. The largest absolute Gasteiger partial charge is 0.468 e. The average Bonchev–Trinajstić information content (AvgIpc) is 2.91. The molecular weight excluding hydrogens is 214 g/mol. The monoisotopic (exact) mass is 237 g/mol. The van der Waals surface area contributed by atoms with Crippen LogP contribution in [0.1, 0.15) is 50.8 Å². The van der Waals surface area contributed by atoms with E-state index in [2.05, 4.69) is 12.2 Å². The second-order valence-electron chi connectivity index (χ2n) is 5.34. The molecular formula is C14H23NO2. The molecule has 0 bridgehead atoms. The Balaban J connectivity index is 1.87. The van der Waals surface area contributed by atoms with E-state index in [-0.39, 0.29) is 11.5 Å². The lowest BCUT2D eigenvalue weighted by molar-refractivity contribution is 0.0781. The second-order valence-corrected chi connectivity index (χ2v) is 5.34. The molecule has 1 aromatic heterocycles. The summed E-state index contributed by atoms with van der Waals surface area (Å²) in [5, 5.41) is 13.1. The van der Waals surface area contributed by atoms with Crippen molar-refractivity contribution in [2.24, 2.45) is 5.41 Å². The lowest BCUT2D eigenvalue weighted by Gasteiger charge is -2.36. The Labute approximate surface area is 103 Å². The van der Waals surface area contributed by atoms with Crippen LogP contribution in [0.3, 0.4) is 0 Å². The van der Waals surface area contributed by atoms with Crippen LogP contribution in [0.15, 0.2) is 22.8 Å². The van der Waals surface area contributed by atoms with Crippen LogP contribution >= 0.6 is 0 Å². The Bertz CT molecular complexity index is 315. The maximum absolute atomic E-state index is 9.62. The van der Waals surface area contributed by atoms with Crippen LogP contribution in [-0.2, 0) is 0 Å². The van der Waals surface area contributed by atoms with Gasteiger partial charge in [0.2, 0.25) is 0 Å². The van der Waals surface area contributed by atoms with Crippen LogP contribution < -0.4 is 5.32 Å². The SMILES string of the molecule is C[C@@H](NCC1(CO)CCCCC1)c1ccco1. The van der Waals surface area contributed by atoms with Gasteiger partial charge in [0, 0.05) is 18.6 Å². The highest BCUT2D eigenvalue weighted by atomic mass is 16.3. The molecule has 1 heterocycles. The molecule has 2 N–H and O–H groups in total. The fraction of sp³-hybridized carbons (Fsp3) is 0.714. The zero-order valence-electron chi connectivity index (χ0n) is 10.6. The molecule has 96 valence electrons. The van der Waals surface area contributed by atoms with Crippen LogP contribution in [0.2, 0.25) is 0 Å². The quantitative estimate of drug-likeness (QED) is 0.827. The van der Waals surface area contributed by atoms with Gasteiger partial charge < -0.3 is 14.8 Å². The molecule has 0 aromatic carbocycles. The molecule has 0 radical (unpaired) electrons. The number of aliphatic hydroxyl groups is 1. The van der Waals surface area contributed by atoms with E-state index in [0.717, 1.165) is 25.1 Å². The van der Waals surface area contributed by atoms with Crippen molar-refractivity contribution in [2.45, 2.75) is 45.1 Å². The molecule has 0 unspecified atom stereocenters. The van der Waals surface area contributed by atoms with Gasteiger partial charge in [-0.1, -0.05) is 19.3 Å². The summed E-state index contributed by atoms with van der Waals surface area (Å²) in [4.78, 5) is 0. The molecule has 0 spiro atoms. The Kier molecular flexibility index (Phi) is 4.24. The zero-order chi connectivity index (χ0) is 12.1. The van der Waals surface area contributed by atoms with Crippen molar-refractivity contribution in [3.8, 4) is 0 Å². The number of nitrogens with one attached hydrogen (secondary N) is 1. The molecule has 17 heavy (non-hydrogen) atoms. The van der Waals surface area contributed by atoms with Gasteiger partial charge in [-0.05, 0) is 31.9 Å². The van der Waals surface area contributed by atoms with Gasteiger partial charge in [-0.2, -0.15) is 0 Å². The van der Waals surface area contributed by atoms with Crippen LogP contribution in [0, 0.1) is 5.41 Å². The summed E-state index contributed by atoms with van der Waals surface area (Å²) in [5.74, 6) is 0.967. The fourth-order valence-electron chi connectivity index (χ4n) is 2.70. The van der Waals surface area contributed by atoms with Gasteiger partial charge in [-0.15, -0.1) is 0 Å². The van der Waals surface area contributed by atoms with Crippen molar-refractivity contribution in [1.82, 2.24) is 5.32 Å². The third-order valence-electron chi connectivity index (χ3n) is 4.00. The Morgan fingerprint density at radius 2 is 2.18 bits per heavy atom. The van der Waals surface area contributed by atoms with Crippen LogP contribution in [-0.4, -0.2) is 18.3 Å². The third-order valence-corrected chi connectivity index (χ3v) is 4.00. The topological polar surface area (TPSA) is 45.4 Å². The zero-order valence-corrected chi connectivity index (χ0v) is 10.6. The maximum atomic E-state index is 9.62. The van der Waals surface area contributed by atoms with E-state index in [0.29, 0.717) is 6.61 Å². The number of furan rings is 1. The van der Waals surface area contributed by atoms with Gasteiger partial charge in [0.1, 0.15) is 5.76 Å². The second kappa shape index (κ2) is 5.69. The number of aliphatic hydroxyl groups excluding tert-OH is 1. The molecule has 3 nitrogen and oxygen atoms in total. The van der Waals surface area contributed by atoms with Gasteiger partial charge in [-0.25, -0.2) is 0 Å². The van der Waals surface area contributed by atoms with Gasteiger partial charge >= 0.3 is 0 Å².